The molecule has 5 rings (SSSR count). The summed E-state index contributed by atoms with van der Waals surface area (Å²) in [7, 11) is -7.55. The summed E-state index contributed by atoms with van der Waals surface area (Å²) in [5.41, 5.74) is 4.53. The Morgan fingerprint density at radius 2 is 0.971 bits per heavy atom. The van der Waals surface area contributed by atoms with Gasteiger partial charge >= 0.3 is 0 Å². The number of para-hydroxylation sites is 2. The maximum absolute atomic E-state index is 13.0. The quantitative estimate of drug-likeness (QED) is 0.208. The number of nitrogens with one attached hydrogen (secondary N) is 2. The van der Waals surface area contributed by atoms with Crippen molar-refractivity contribution in [2.75, 3.05) is 9.44 Å². The molecule has 6 nitrogen and oxygen atoms in total. The summed E-state index contributed by atoms with van der Waals surface area (Å²) in [6, 6.07) is 24.4. The Bertz CT molecular complexity index is 1560. The Hall–Kier alpha value is -2.16. The zero-order valence-electron chi connectivity index (χ0n) is 18.0. The number of anilines is 2. The normalized spacial score (nSPS) is 12.6. The molecule has 0 fully saturated rings. The fraction of sp³-hybridized carbons (Fsp3) is 0.0400. The van der Waals surface area contributed by atoms with Crippen LogP contribution in [0.4, 0.5) is 11.4 Å². The minimum absolute atomic E-state index is 0.164. The van der Waals surface area contributed by atoms with Crippen LogP contribution in [0.2, 0.25) is 0 Å². The van der Waals surface area contributed by atoms with Gasteiger partial charge in [0.05, 0.1) is 21.2 Å². The summed E-state index contributed by atoms with van der Waals surface area (Å²) in [5.74, 6) is 0. The predicted molar refractivity (Wildman–Crippen MR) is 155 cm³/mol. The Balaban J connectivity index is 1.43. The summed E-state index contributed by atoms with van der Waals surface area (Å²) in [5, 5.41) is 0. The number of benzene rings is 4. The van der Waals surface area contributed by atoms with Crippen LogP contribution in [0.3, 0.4) is 0 Å². The molecule has 0 atom stereocenters. The molecule has 0 aromatic heterocycles. The van der Waals surface area contributed by atoms with E-state index in [1.807, 2.05) is 24.3 Å². The largest absolute Gasteiger partial charge is 0.279 e. The number of rotatable bonds is 6. The lowest BCUT2D eigenvalue weighted by Crippen LogP contribution is -2.14. The number of hydrogen-bond donors (Lipinski definition) is 2. The van der Waals surface area contributed by atoms with E-state index >= 15 is 0 Å². The van der Waals surface area contributed by atoms with Crippen molar-refractivity contribution in [3.05, 3.63) is 103 Å². The van der Waals surface area contributed by atoms with Gasteiger partial charge in [-0.05, 0) is 122 Å². The number of halogens is 2. The van der Waals surface area contributed by atoms with E-state index in [1.165, 1.54) is 0 Å². The maximum Gasteiger partial charge on any atom is 0.261 e. The Labute approximate surface area is 231 Å². The highest BCUT2D eigenvalue weighted by Crippen LogP contribution is 2.39. The van der Waals surface area contributed by atoms with Crippen LogP contribution >= 0.6 is 45.2 Å². The van der Waals surface area contributed by atoms with Gasteiger partial charge in [-0.1, -0.05) is 36.4 Å². The van der Waals surface area contributed by atoms with Gasteiger partial charge in [0.25, 0.3) is 20.0 Å². The van der Waals surface area contributed by atoms with Gasteiger partial charge in [-0.3, -0.25) is 9.44 Å². The third kappa shape index (κ3) is 4.93. The second-order valence-electron chi connectivity index (χ2n) is 7.99. The third-order valence-corrected chi connectivity index (χ3v) is 10.3. The van der Waals surface area contributed by atoms with Crippen LogP contribution in [0.15, 0.2) is 94.7 Å². The average Bonchev–Trinajstić information content (AvgIpc) is 3.19. The monoisotopic (exact) mass is 728 g/mol. The van der Waals surface area contributed by atoms with Crippen molar-refractivity contribution in [2.24, 2.45) is 0 Å². The van der Waals surface area contributed by atoms with Crippen molar-refractivity contribution in [3.63, 3.8) is 0 Å². The van der Waals surface area contributed by atoms with Gasteiger partial charge in [0.1, 0.15) is 0 Å². The van der Waals surface area contributed by atoms with Gasteiger partial charge in [0, 0.05) is 7.14 Å². The standard InChI is InChI=1S/C25H18I2N2O4S2/c26-22-5-1-3-7-24(22)28-34(30,31)18-9-11-20-16(14-18)13-17-15-19(10-12-21(17)20)35(32,33)29-25-8-4-2-6-23(25)27/h1-12,14-15,28-29H,13H2. The maximum atomic E-state index is 13.0. The first-order chi connectivity index (χ1) is 16.6. The molecule has 2 N–H and O–H groups in total. The Kier molecular flexibility index (Phi) is 6.57. The van der Waals surface area contributed by atoms with E-state index in [1.54, 1.807) is 60.7 Å². The highest BCUT2D eigenvalue weighted by molar-refractivity contribution is 14.1. The molecule has 0 saturated carbocycles. The second kappa shape index (κ2) is 9.37. The first-order valence-electron chi connectivity index (χ1n) is 10.4. The molecule has 0 amide bonds. The van der Waals surface area contributed by atoms with E-state index in [-0.39, 0.29) is 9.79 Å². The topological polar surface area (TPSA) is 92.3 Å². The fourth-order valence-corrected chi connectivity index (χ4v) is 7.66. The zero-order chi connectivity index (χ0) is 24.8. The van der Waals surface area contributed by atoms with E-state index in [0.717, 1.165) is 29.4 Å². The van der Waals surface area contributed by atoms with E-state index < -0.39 is 20.0 Å². The van der Waals surface area contributed by atoms with E-state index in [0.29, 0.717) is 17.8 Å². The summed E-state index contributed by atoms with van der Waals surface area (Å²) < 4.78 is 58.9. The smallest absolute Gasteiger partial charge is 0.261 e. The van der Waals surface area contributed by atoms with Crippen molar-refractivity contribution in [1.82, 2.24) is 0 Å². The number of fused-ring (bicyclic) bond motifs is 3. The summed E-state index contributed by atoms with van der Waals surface area (Å²) >= 11 is 4.17. The molecule has 178 valence electrons. The van der Waals surface area contributed by atoms with Crippen LogP contribution in [-0.2, 0) is 26.5 Å². The second-order valence-corrected chi connectivity index (χ2v) is 13.7. The zero-order valence-corrected chi connectivity index (χ0v) is 23.9. The molecule has 1 aliphatic carbocycles. The molecule has 35 heavy (non-hydrogen) atoms. The highest BCUT2D eigenvalue weighted by atomic mass is 127. The number of hydrogen-bond acceptors (Lipinski definition) is 4. The lowest BCUT2D eigenvalue weighted by atomic mass is 10.1. The van der Waals surface area contributed by atoms with Gasteiger partial charge in [0.15, 0.2) is 0 Å². The van der Waals surface area contributed by atoms with Crippen molar-refractivity contribution in [2.45, 2.75) is 16.2 Å². The SMILES string of the molecule is O=S(=O)(Nc1ccccc1I)c1ccc2c(c1)Cc1cc(S(=O)(=O)Nc3ccccc3I)ccc1-2. The molecule has 0 saturated heterocycles. The molecular formula is C25H18I2N2O4S2. The Morgan fingerprint density at radius 1 is 0.571 bits per heavy atom. The first-order valence-corrected chi connectivity index (χ1v) is 15.6. The molecule has 0 heterocycles. The van der Waals surface area contributed by atoms with Crippen molar-refractivity contribution < 1.29 is 16.8 Å². The molecule has 0 bridgehead atoms. The summed E-state index contributed by atoms with van der Waals surface area (Å²) in [6.07, 6.45) is 0.448. The van der Waals surface area contributed by atoms with Crippen LogP contribution in [0.1, 0.15) is 11.1 Å². The fourth-order valence-electron chi connectivity index (χ4n) is 3.99. The molecular weight excluding hydrogens is 710 g/mol. The van der Waals surface area contributed by atoms with E-state index in [4.69, 9.17) is 0 Å². The van der Waals surface area contributed by atoms with Crippen LogP contribution in [0.25, 0.3) is 11.1 Å². The van der Waals surface area contributed by atoms with Gasteiger partial charge in [-0.15, -0.1) is 0 Å². The molecule has 0 aliphatic heterocycles. The minimum atomic E-state index is -3.78. The van der Waals surface area contributed by atoms with Crippen molar-refractivity contribution in [1.29, 1.82) is 0 Å². The van der Waals surface area contributed by atoms with Gasteiger partial charge in [-0.2, -0.15) is 0 Å². The lowest BCUT2D eigenvalue weighted by Gasteiger charge is -2.11. The Morgan fingerprint density at radius 3 is 1.37 bits per heavy atom. The molecule has 0 radical (unpaired) electrons. The minimum Gasteiger partial charge on any atom is -0.279 e. The van der Waals surface area contributed by atoms with Crippen molar-refractivity contribution >= 4 is 76.6 Å². The predicted octanol–water partition coefficient (Wildman–Crippen LogP) is 6.07. The van der Waals surface area contributed by atoms with E-state index in [2.05, 4.69) is 54.6 Å². The molecule has 4 aromatic rings. The molecule has 0 unspecified atom stereocenters. The van der Waals surface area contributed by atoms with Crippen LogP contribution in [-0.4, -0.2) is 16.8 Å². The molecule has 1 aliphatic rings. The van der Waals surface area contributed by atoms with Crippen LogP contribution < -0.4 is 9.44 Å². The summed E-state index contributed by atoms with van der Waals surface area (Å²) in [4.78, 5) is 0.328. The van der Waals surface area contributed by atoms with Gasteiger partial charge in [0.2, 0.25) is 0 Å². The highest BCUT2D eigenvalue weighted by Gasteiger charge is 2.25. The van der Waals surface area contributed by atoms with Gasteiger partial charge in [-0.25, -0.2) is 16.8 Å². The lowest BCUT2D eigenvalue weighted by molar-refractivity contribution is 0.599. The first kappa shape index (κ1) is 24.5. The molecule has 0 spiro atoms. The molecule has 10 heteroatoms. The van der Waals surface area contributed by atoms with Crippen molar-refractivity contribution in [3.8, 4) is 11.1 Å². The summed E-state index contributed by atoms with van der Waals surface area (Å²) in [6.45, 7) is 0. The van der Waals surface area contributed by atoms with Crippen LogP contribution in [0.5, 0.6) is 0 Å². The number of sulfonamides is 2. The molecule has 4 aromatic carbocycles. The van der Waals surface area contributed by atoms with Crippen LogP contribution in [0, 0.1) is 7.14 Å². The van der Waals surface area contributed by atoms with Gasteiger partial charge < -0.3 is 0 Å². The van der Waals surface area contributed by atoms with E-state index in [9.17, 15) is 16.8 Å². The third-order valence-electron chi connectivity index (χ3n) is 5.68. The average molecular weight is 728 g/mol.